The van der Waals surface area contributed by atoms with Crippen molar-refractivity contribution < 1.29 is 0 Å². The molecule has 1 aliphatic rings. The monoisotopic (exact) mass is 362 g/mol. The maximum atomic E-state index is 12.0. The average Bonchev–Trinajstić information content (AvgIpc) is 3.52. The summed E-state index contributed by atoms with van der Waals surface area (Å²) in [5.74, 6) is 0. The molecule has 0 saturated heterocycles. The fraction of sp³-hybridized carbons (Fsp3) is 0.364. The summed E-state index contributed by atoms with van der Waals surface area (Å²) in [7, 11) is 0. The Kier molecular flexibility index (Phi) is 5.49. The van der Waals surface area contributed by atoms with Gasteiger partial charge in [-0.15, -0.1) is 0 Å². The summed E-state index contributed by atoms with van der Waals surface area (Å²) in [6, 6.07) is 16.6. The maximum absolute atomic E-state index is 12.0. The van der Waals surface area contributed by atoms with Crippen LogP contribution in [0.1, 0.15) is 32.1 Å². The van der Waals surface area contributed by atoms with Crippen LogP contribution in [0.2, 0.25) is 0 Å². The smallest absolute Gasteiger partial charge is 0.272 e. The Morgan fingerprint density at radius 3 is 2.63 bits per heavy atom. The van der Waals surface area contributed by atoms with Gasteiger partial charge in [0.05, 0.1) is 11.1 Å². The van der Waals surface area contributed by atoms with Crippen molar-refractivity contribution in [3.63, 3.8) is 0 Å². The lowest BCUT2D eigenvalue weighted by Gasteiger charge is -2.10. The summed E-state index contributed by atoms with van der Waals surface area (Å²) >= 11 is 0. The number of aromatic amines is 1. The molecule has 5 heteroatoms. The van der Waals surface area contributed by atoms with E-state index < -0.39 is 0 Å². The van der Waals surface area contributed by atoms with E-state index in [2.05, 4.69) is 33.0 Å². The predicted molar refractivity (Wildman–Crippen MR) is 111 cm³/mol. The molecule has 1 aliphatic carbocycles. The molecule has 1 heterocycles. The maximum Gasteiger partial charge on any atom is 0.272 e. The van der Waals surface area contributed by atoms with E-state index in [1.165, 1.54) is 25.7 Å². The second-order valence-electron chi connectivity index (χ2n) is 7.24. The summed E-state index contributed by atoms with van der Waals surface area (Å²) in [5, 5.41) is 15.5. The lowest BCUT2D eigenvalue weighted by Crippen LogP contribution is -2.17. The van der Waals surface area contributed by atoms with Gasteiger partial charge >= 0.3 is 0 Å². The van der Waals surface area contributed by atoms with Gasteiger partial charge in [0.15, 0.2) is 0 Å². The number of nitrogens with zero attached hydrogens (tertiary/aromatic N) is 1. The molecule has 0 spiro atoms. The first-order chi connectivity index (χ1) is 13.3. The van der Waals surface area contributed by atoms with Crippen LogP contribution in [0, 0.1) is 0 Å². The molecule has 0 bridgehead atoms. The van der Waals surface area contributed by atoms with E-state index in [9.17, 15) is 4.79 Å². The normalized spacial score (nSPS) is 13.8. The van der Waals surface area contributed by atoms with Gasteiger partial charge in [0.1, 0.15) is 0 Å². The van der Waals surface area contributed by atoms with Crippen LogP contribution in [-0.2, 0) is 0 Å². The Balaban J connectivity index is 1.38. The number of aromatic nitrogens is 2. The van der Waals surface area contributed by atoms with E-state index >= 15 is 0 Å². The van der Waals surface area contributed by atoms with Crippen LogP contribution in [0.4, 0.5) is 5.69 Å². The van der Waals surface area contributed by atoms with Crippen molar-refractivity contribution >= 4 is 16.5 Å². The molecule has 2 aromatic carbocycles. The summed E-state index contributed by atoms with van der Waals surface area (Å²) in [6.07, 6.45) is 6.36. The molecule has 1 aromatic heterocycles. The van der Waals surface area contributed by atoms with E-state index in [1.54, 1.807) is 0 Å². The van der Waals surface area contributed by atoms with Gasteiger partial charge in [-0.2, -0.15) is 5.10 Å². The fourth-order valence-electron chi connectivity index (χ4n) is 3.36. The average molecular weight is 362 g/mol. The molecule has 4 rings (SSSR count). The number of H-pyrrole nitrogens is 1. The largest absolute Gasteiger partial charge is 0.385 e. The number of anilines is 1. The van der Waals surface area contributed by atoms with Gasteiger partial charge in [0.2, 0.25) is 0 Å². The van der Waals surface area contributed by atoms with Gasteiger partial charge in [-0.3, -0.25) is 4.79 Å². The molecule has 0 unspecified atom stereocenters. The summed E-state index contributed by atoms with van der Waals surface area (Å²) in [6.45, 7) is 2.11. The van der Waals surface area contributed by atoms with Crippen molar-refractivity contribution in [2.75, 3.05) is 18.4 Å². The minimum Gasteiger partial charge on any atom is -0.385 e. The summed E-state index contributed by atoms with van der Waals surface area (Å²) in [4.78, 5) is 12.0. The quantitative estimate of drug-likeness (QED) is 0.505. The van der Waals surface area contributed by atoms with E-state index in [0.29, 0.717) is 5.39 Å². The number of nitrogens with one attached hydrogen (secondary N) is 3. The molecular formula is C22H26N4O. The standard InChI is InChI=1S/C22H26N4O/c27-22-20-10-3-2-9-19(20)21(25-26-22)16-7-6-8-18(15-16)24-14-5-1-4-13-23-17-11-12-17/h2-3,6-10,15,17,23-24H,1,4-5,11-14H2,(H,26,27). The number of rotatable bonds is 9. The topological polar surface area (TPSA) is 69.8 Å². The van der Waals surface area contributed by atoms with E-state index in [-0.39, 0.29) is 5.56 Å². The number of unbranched alkanes of at least 4 members (excludes halogenated alkanes) is 2. The molecule has 0 atom stereocenters. The summed E-state index contributed by atoms with van der Waals surface area (Å²) < 4.78 is 0. The predicted octanol–water partition coefficient (Wildman–Crippen LogP) is 3.92. The Morgan fingerprint density at radius 2 is 1.78 bits per heavy atom. The van der Waals surface area contributed by atoms with Crippen molar-refractivity contribution in [3.8, 4) is 11.3 Å². The van der Waals surface area contributed by atoms with Crippen molar-refractivity contribution in [1.29, 1.82) is 0 Å². The highest BCUT2D eigenvalue weighted by Crippen LogP contribution is 2.26. The van der Waals surface area contributed by atoms with Gasteiger partial charge in [-0.1, -0.05) is 36.8 Å². The molecule has 27 heavy (non-hydrogen) atoms. The molecule has 0 radical (unpaired) electrons. The van der Waals surface area contributed by atoms with E-state index in [0.717, 1.165) is 47.9 Å². The molecule has 0 amide bonds. The van der Waals surface area contributed by atoms with Crippen LogP contribution in [0.25, 0.3) is 22.0 Å². The van der Waals surface area contributed by atoms with Crippen LogP contribution >= 0.6 is 0 Å². The number of fused-ring (bicyclic) bond motifs is 1. The van der Waals surface area contributed by atoms with Gasteiger partial charge in [0.25, 0.3) is 5.56 Å². The Labute approximate surface area is 159 Å². The zero-order valence-electron chi connectivity index (χ0n) is 15.5. The highest BCUT2D eigenvalue weighted by atomic mass is 16.1. The lowest BCUT2D eigenvalue weighted by molar-refractivity contribution is 0.608. The first-order valence-corrected chi connectivity index (χ1v) is 9.86. The summed E-state index contributed by atoms with van der Waals surface area (Å²) in [5.41, 5.74) is 2.74. The molecule has 5 nitrogen and oxygen atoms in total. The van der Waals surface area contributed by atoms with Gasteiger partial charge in [-0.05, 0) is 50.4 Å². The van der Waals surface area contributed by atoms with Gasteiger partial charge in [-0.25, -0.2) is 5.10 Å². The van der Waals surface area contributed by atoms with Gasteiger partial charge in [0, 0.05) is 29.2 Å². The zero-order chi connectivity index (χ0) is 18.5. The Bertz CT molecular complexity index is 962. The number of hydrogen-bond donors (Lipinski definition) is 3. The Hall–Kier alpha value is -2.66. The van der Waals surface area contributed by atoms with E-state index in [1.807, 2.05) is 36.4 Å². The first-order valence-electron chi connectivity index (χ1n) is 9.86. The van der Waals surface area contributed by atoms with Gasteiger partial charge < -0.3 is 10.6 Å². The fourth-order valence-corrected chi connectivity index (χ4v) is 3.36. The van der Waals surface area contributed by atoms with Crippen molar-refractivity contribution in [1.82, 2.24) is 15.5 Å². The highest BCUT2D eigenvalue weighted by molar-refractivity contribution is 5.94. The second-order valence-corrected chi connectivity index (χ2v) is 7.24. The van der Waals surface area contributed by atoms with Crippen molar-refractivity contribution in [2.24, 2.45) is 0 Å². The van der Waals surface area contributed by atoms with Crippen molar-refractivity contribution in [3.05, 3.63) is 58.9 Å². The van der Waals surface area contributed by atoms with Crippen LogP contribution in [0.3, 0.4) is 0 Å². The van der Waals surface area contributed by atoms with Crippen LogP contribution in [-0.4, -0.2) is 29.3 Å². The van der Waals surface area contributed by atoms with Crippen LogP contribution in [0.15, 0.2) is 53.3 Å². The zero-order valence-corrected chi connectivity index (χ0v) is 15.5. The third-order valence-electron chi connectivity index (χ3n) is 5.03. The van der Waals surface area contributed by atoms with Crippen LogP contribution in [0.5, 0.6) is 0 Å². The first kappa shape index (κ1) is 17.7. The number of hydrogen-bond acceptors (Lipinski definition) is 4. The molecule has 3 N–H and O–H groups in total. The number of benzene rings is 2. The molecule has 1 fully saturated rings. The molecule has 0 aliphatic heterocycles. The third kappa shape index (κ3) is 4.55. The Morgan fingerprint density at radius 1 is 0.963 bits per heavy atom. The molecule has 3 aromatic rings. The van der Waals surface area contributed by atoms with Crippen molar-refractivity contribution in [2.45, 2.75) is 38.1 Å². The lowest BCUT2D eigenvalue weighted by atomic mass is 10.0. The molecule has 140 valence electrons. The third-order valence-corrected chi connectivity index (χ3v) is 5.03. The minimum atomic E-state index is -0.153. The molecular weight excluding hydrogens is 336 g/mol. The van der Waals surface area contributed by atoms with E-state index in [4.69, 9.17) is 0 Å². The van der Waals surface area contributed by atoms with Crippen LogP contribution < -0.4 is 16.2 Å². The highest BCUT2D eigenvalue weighted by Gasteiger charge is 2.19. The molecule has 1 saturated carbocycles. The minimum absolute atomic E-state index is 0.153. The SMILES string of the molecule is O=c1[nH]nc(-c2cccc(NCCCCCNC3CC3)c2)c2ccccc12. The second kappa shape index (κ2) is 8.35.